The van der Waals surface area contributed by atoms with Crippen LogP contribution >= 0.6 is 11.8 Å². The Labute approximate surface area is 104 Å². The van der Waals surface area contributed by atoms with E-state index in [4.69, 9.17) is 16.1 Å². The smallest absolute Gasteiger partial charge is 0.446 e. The number of thioether (sulfide) groups is 1. The van der Waals surface area contributed by atoms with E-state index in [1.807, 2.05) is 0 Å². The minimum Gasteiger partial charge on any atom is -0.478 e. The van der Waals surface area contributed by atoms with Crippen LogP contribution in [0.25, 0.3) is 0 Å². The highest BCUT2D eigenvalue weighted by molar-refractivity contribution is 8.00. The number of halogens is 3. The van der Waals surface area contributed by atoms with Gasteiger partial charge in [-0.15, -0.1) is 0 Å². The fraction of sp³-hybridized carbons (Fsp3) is 0.200. The average molecular weight is 276 g/mol. The van der Waals surface area contributed by atoms with Gasteiger partial charge in [-0.05, 0) is 29.5 Å². The monoisotopic (exact) mass is 276 g/mol. The molecule has 0 saturated heterocycles. The molecular weight excluding hydrogens is 269 g/mol. The second-order valence-electron chi connectivity index (χ2n) is 3.17. The second-order valence-corrected chi connectivity index (χ2v) is 4.28. The molecule has 0 aliphatic carbocycles. The van der Waals surface area contributed by atoms with Gasteiger partial charge < -0.3 is 10.8 Å². The first-order valence-electron chi connectivity index (χ1n) is 4.54. The molecule has 1 rings (SSSR count). The van der Waals surface area contributed by atoms with Gasteiger partial charge in [0.2, 0.25) is 0 Å². The van der Waals surface area contributed by atoms with Gasteiger partial charge in [0.25, 0.3) is 0 Å². The third-order valence-corrected chi connectivity index (χ3v) is 2.79. The first kappa shape index (κ1) is 14.3. The van der Waals surface area contributed by atoms with Crippen LogP contribution in [0, 0.1) is 11.3 Å². The topological polar surface area (TPSA) is 87.1 Å². The number of carboxylic acids is 1. The maximum atomic E-state index is 12.3. The Hall–Kier alpha value is -1.72. The number of hydrogen-bond acceptors (Lipinski definition) is 4. The van der Waals surface area contributed by atoms with Gasteiger partial charge in [0.15, 0.2) is 0 Å². The third kappa shape index (κ3) is 3.38. The van der Waals surface area contributed by atoms with Gasteiger partial charge in [0, 0.05) is 11.4 Å². The van der Waals surface area contributed by atoms with Crippen LogP contribution in [-0.2, 0) is 6.54 Å². The van der Waals surface area contributed by atoms with Gasteiger partial charge in [-0.2, -0.15) is 18.4 Å². The molecule has 96 valence electrons. The number of benzene rings is 1. The van der Waals surface area contributed by atoms with E-state index in [-0.39, 0.29) is 17.7 Å². The molecule has 18 heavy (non-hydrogen) atoms. The van der Waals surface area contributed by atoms with Gasteiger partial charge >= 0.3 is 11.5 Å². The number of hydrogen-bond donors (Lipinski definition) is 2. The van der Waals surface area contributed by atoms with Crippen molar-refractivity contribution in [1.82, 2.24) is 0 Å². The van der Waals surface area contributed by atoms with Gasteiger partial charge in [-0.25, -0.2) is 4.79 Å². The maximum absolute atomic E-state index is 12.3. The maximum Gasteiger partial charge on any atom is 0.446 e. The van der Waals surface area contributed by atoms with E-state index in [9.17, 15) is 18.0 Å². The molecule has 0 spiro atoms. The predicted molar refractivity (Wildman–Crippen MR) is 57.9 cm³/mol. The van der Waals surface area contributed by atoms with Crippen molar-refractivity contribution in [1.29, 1.82) is 5.26 Å². The molecule has 0 aromatic heterocycles. The summed E-state index contributed by atoms with van der Waals surface area (Å²) >= 11 is -0.568. The fourth-order valence-electron chi connectivity index (χ4n) is 1.27. The van der Waals surface area contributed by atoms with E-state index in [2.05, 4.69) is 0 Å². The van der Waals surface area contributed by atoms with Crippen molar-refractivity contribution >= 4 is 17.7 Å². The van der Waals surface area contributed by atoms with Gasteiger partial charge in [-0.1, -0.05) is 0 Å². The van der Waals surface area contributed by atoms with Crippen LogP contribution in [0.3, 0.4) is 0 Å². The van der Waals surface area contributed by atoms with E-state index in [0.29, 0.717) is 0 Å². The zero-order valence-electron chi connectivity index (χ0n) is 8.78. The molecule has 0 fully saturated rings. The van der Waals surface area contributed by atoms with E-state index in [1.165, 1.54) is 0 Å². The Morgan fingerprint density at radius 2 is 2.11 bits per heavy atom. The highest BCUT2D eigenvalue weighted by Crippen LogP contribution is 2.39. The molecule has 0 aliphatic rings. The van der Waals surface area contributed by atoms with E-state index in [1.54, 1.807) is 6.07 Å². The first-order valence-corrected chi connectivity index (χ1v) is 5.36. The zero-order valence-corrected chi connectivity index (χ0v) is 9.60. The molecule has 0 atom stereocenters. The summed E-state index contributed by atoms with van der Waals surface area (Å²) in [4.78, 5) is 10.3. The summed E-state index contributed by atoms with van der Waals surface area (Å²) in [6.45, 7) is -0.125. The summed E-state index contributed by atoms with van der Waals surface area (Å²) in [7, 11) is 0. The molecule has 0 aliphatic heterocycles. The number of carbonyl (C=O) groups is 1. The number of aromatic carboxylic acids is 1. The molecule has 4 nitrogen and oxygen atoms in total. The fourth-order valence-corrected chi connectivity index (χ4v) is 1.96. The number of carboxylic acid groups (broad SMARTS) is 1. The van der Waals surface area contributed by atoms with Crippen molar-refractivity contribution in [3.63, 3.8) is 0 Å². The molecule has 1 aromatic carbocycles. The summed E-state index contributed by atoms with van der Waals surface area (Å²) in [5, 5.41) is 17.6. The van der Waals surface area contributed by atoms with Crippen LogP contribution in [0.5, 0.6) is 0 Å². The SMILES string of the molecule is N#Cc1cc(SC(F)(F)F)c(C(=O)O)cc1CN. The van der Waals surface area contributed by atoms with Gasteiger partial charge in [0.1, 0.15) is 0 Å². The minimum absolute atomic E-state index is 0.0609. The number of nitriles is 1. The van der Waals surface area contributed by atoms with Crippen molar-refractivity contribution in [3.8, 4) is 6.07 Å². The van der Waals surface area contributed by atoms with Crippen LogP contribution in [0.2, 0.25) is 0 Å². The Morgan fingerprint density at radius 3 is 2.50 bits per heavy atom. The molecule has 0 heterocycles. The number of rotatable bonds is 3. The molecule has 1 aromatic rings. The standard InChI is InChI=1S/C10H7F3N2O2S/c11-10(12,13)18-8-2-6(4-15)5(3-14)1-7(8)9(16)17/h1-2H,3,14H2,(H,16,17). The lowest BCUT2D eigenvalue weighted by Gasteiger charge is -2.11. The molecule has 3 N–H and O–H groups in total. The molecule has 0 unspecified atom stereocenters. The number of alkyl halides is 3. The molecule has 8 heteroatoms. The Kier molecular flexibility index (Phi) is 4.21. The van der Waals surface area contributed by atoms with Gasteiger partial charge in [0.05, 0.1) is 17.2 Å². The lowest BCUT2D eigenvalue weighted by Crippen LogP contribution is -2.08. The van der Waals surface area contributed by atoms with E-state index < -0.39 is 33.7 Å². The molecular formula is C10H7F3N2O2S. The lowest BCUT2D eigenvalue weighted by molar-refractivity contribution is -0.0328. The number of nitrogens with zero attached hydrogens (tertiary/aromatic N) is 1. The van der Waals surface area contributed by atoms with Gasteiger partial charge in [-0.3, -0.25) is 0 Å². The molecule has 0 bridgehead atoms. The highest BCUT2D eigenvalue weighted by Gasteiger charge is 2.32. The summed E-state index contributed by atoms with van der Waals surface area (Å²) in [6, 6.07) is 3.57. The van der Waals surface area contributed by atoms with Crippen LogP contribution < -0.4 is 5.73 Å². The van der Waals surface area contributed by atoms with E-state index in [0.717, 1.165) is 12.1 Å². The van der Waals surface area contributed by atoms with Crippen molar-refractivity contribution in [2.24, 2.45) is 5.73 Å². The lowest BCUT2D eigenvalue weighted by atomic mass is 10.0. The molecule has 0 radical (unpaired) electrons. The molecule has 0 saturated carbocycles. The summed E-state index contributed by atoms with van der Waals surface area (Å²) in [5.41, 5.74) is 0.294. The minimum atomic E-state index is -4.62. The van der Waals surface area contributed by atoms with Crippen LogP contribution in [0.1, 0.15) is 21.5 Å². The van der Waals surface area contributed by atoms with Crippen molar-refractivity contribution in [3.05, 3.63) is 28.8 Å². The quantitative estimate of drug-likeness (QED) is 0.827. The Bertz CT molecular complexity index is 523. The third-order valence-electron chi connectivity index (χ3n) is 2.00. The zero-order chi connectivity index (χ0) is 13.9. The van der Waals surface area contributed by atoms with Crippen LogP contribution in [0.4, 0.5) is 13.2 Å². The second kappa shape index (κ2) is 5.29. The van der Waals surface area contributed by atoms with Crippen LogP contribution in [0.15, 0.2) is 17.0 Å². The summed E-state index contributed by atoms with van der Waals surface area (Å²) in [5.74, 6) is -1.50. The Balaban J connectivity index is 3.39. The highest BCUT2D eigenvalue weighted by atomic mass is 32.2. The predicted octanol–water partition coefficient (Wildman–Crippen LogP) is 2.33. The van der Waals surface area contributed by atoms with Crippen LogP contribution in [-0.4, -0.2) is 16.6 Å². The Morgan fingerprint density at radius 1 is 1.50 bits per heavy atom. The largest absolute Gasteiger partial charge is 0.478 e. The summed E-state index contributed by atoms with van der Waals surface area (Å²) < 4.78 is 36.8. The normalized spacial score (nSPS) is 11.1. The molecule has 0 amide bonds. The van der Waals surface area contributed by atoms with Crippen molar-refractivity contribution < 1.29 is 23.1 Å². The first-order chi connectivity index (χ1) is 8.28. The summed E-state index contributed by atoms with van der Waals surface area (Å²) in [6.07, 6.45) is 0. The van der Waals surface area contributed by atoms with E-state index >= 15 is 0 Å². The van der Waals surface area contributed by atoms with Crippen molar-refractivity contribution in [2.45, 2.75) is 16.9 Å². The number of nitrogens with two attached hydrogens (primary N) is 1. The average Bonchev–Trinajstić information content (AvgIpc) is 2.25. The van der Waals surface area contributed by atoms with Crippen molar-refractivity contribution in [2.75, 3.05) is 0 Å².